The number of rotatable bonds is 7. The third kappa shape index (κ3) is 4.97. The summed E-state index contributed by atoms with van der Waals surface area (Å²) in [5, 5.41) is 3.13. The average Bonchev–Trinajstić information content (AvgIpc) is 3.25. The van der Waals surface area contributed by atoms with Gasteiger partial charge in [-0.3, -0.25) is 4.79 Å². The van der Waals surface area contributed by atoms with Gasteiger partial charge in [-0.05, 0) is 32.8 Å². The molecule has 1 atom stereocenters. The van der Waals surface area contributed by atoms with E-state index in [1.54, 1.807) is 16.7 Å². The third-order valence-electron chi connectivity index (χ3n) is 5.27. The number of ether oxygens (including phenoxy) is 2. The number of benzene rings is 1. The predicted octanol–water partition coefficient (Wildman–Crippen LogP) is 3.17. The summed E-state index contributed by atoms with van der Waals surface area (Å²) in [7, 11) is -0.821. The standard InChI is InChI=1S/C20H27ClN4O5S/c1-13(2)24-11-19(22-12-24)31(27,28)25-7-5-6-14(10-25)20(26)23-16-8-15(21)17(29-3)9-18(16)30-4/h8-9,11-14H,5-7,10H2,1-4H3,(H,23,26). The highest BCUT2D eigenvalue weighted by molar-refractivity contribution is 7.89. The molecule has 1 unspecified atom stereocenters. The molecule has 1 amide bonds. The molecular weight excluding hydrogens is 444 g/mol. The number of halogens is 1. The Morgan fingerprint density at radius 3 is 2.58 bits per heavy atom. The van der Waals surface area contributed by atoms with Crippen LogP contribution in [0, 0.1) is 5.92 Å². The van der Waals surface area contributed by atoms with Gasteiger partial charge in [0.2, 0.25) is 5.91 Å². The molecule has 1 aliphatic heterocycles. The van der Waals surface area contributed by atoms with Crippen LogP contribution in [0.25, 0.3) is 0 Å². The summed E-state index contributed by atoms with van der Waals surface area (Å²) in [4.78, 5) is 17.0. The van der Waals surface area contributed by atoms with Crippen molar-refractivity contribution in [1.82, 2.24) is 13.9 Å². The first-order valence-electron chi connectivity index (χ1n) is 9.93. The van der Waals surface area contributed by atoms with Crippen LogP contribution in [0.15, 0.2) is 29.7 Å². The van der Waals surface area contributed by atoms with Crippen LogP contribution >= 0.6 is 11.6 Å². The predicted molar refractivity (Wildman–Crippen MR) is 117 cm³/mol. The number of carbonyl (C=O) groups excluding carboxylic acids is 1. The zero-order chi connectivity index (χ0) is 22.8. The normalized spacial score (nSPS) is 17.5. The highest BCUT2D eigenvalue weighted by Crippen LogP contribution is 2.36. The van der Waals surface area contributed by atoms with Crippen molar-refractivity contribution in [2.24, 2.45) is 5.92 Å². The monoisotopic (exact) mass is 470 g/mol. The maximum absolute atomic E-state index is 13.0. The van der Waals surface area contributed by atoms with Gasteiger partial charge in [-0.15, -0.1) is 0 Å². The first-order chi connectivity index (χ1) is 14.7. The number of methoxy groups -OCH3 is 2. The van der Waals surface area contributed by atoms with E-state index in [4.69, 9.17) is 21.1 Å². The molecule has 0 aliphatic carbocycles. The van der Waals surface area contributed by atoms with Crippen molar-refractivity contribution in [2.75, 3.05) is 32.6 Å². The van der Waals surface area contributed by atoms with Gasteiger partial charge in [-0.2, -0.15) is 4.31 Å². The molecule has 1 N–H and O–H groups in total. The molecule has 3 rings (SSSR count). The summed E-state index contributed by atoms with van der Waals surface area (Å²) in [6.07, 6.45) is 4.17. The number of hydrogen-bond donors (Lipinski definition) is 1. The summed E-state index contributed by atoms with van der Waals surface area (Å²) in [5.41, 5.74) is 0.397. The summed E-state index contributed by atoms with van der Waals surface area (Å²) in [6.45, 7) is 4.31. The van der Waals surface area contributed by atoms with E-state index in [2.05, 4.69) is 10.3 Å². The minimum Gasteiger partial charge on any atom is -0.495 e. The molecule has 0 spiro atoms. The Labute approximate surface area is 187 Å². The zero-order valence-corrected chi connectivity index (χ0v) is 19.5. The number of hydrogen-bond acceptors (Lipinski definition) is 6. The van der Waals surface area contributed by atoms with Gasteiger partial charge in [0.05, 0.1) is 37.2 Å². The molecule has 31 heavy (non-hydrogen) atoms. The van der Waals surface area contributed by atoms with E-state index in [-0.39, 0.29) is 23.5 Å². The van der Waals surface area contributed by atoms with Gasteiger partial charge in [0.25, 0.3) is 10.0 Å². The Bertz CT molecular complexity index is 1050. The Kier molecular flexibility index (Phi) is 7.13. The summed E-state index contributed by atoms with van der Waals surface area (Å²) >= 11 is 6.17. The second-order valence-corrected chi connectivity index (χ2v) is 9.92. The lowest BCUT2D eigenvalue weighted by Gasteiger charge is -2.30. The van der Waals surface area contributed by atoms with Crippen LogP contribution in [0.3, 0.4) is 0 Å². The summed E-state index contributed by atoms with van der Waals surface area (Å²) in [5.74, 6) is 0.00911. The number of nitrogens with zero attached hydrogens (tertiary/aromatic N) is 3. The van der Waals surface area contributed by atoms with Crippen molar-refractivity contribution in [3.63, 3.8) is 0 Å². The van der Waals surface area contributed by atoms with Gasteiger partial charge in [-0.25, -0.2) is 13.4 Å². The Morgan fingerprint density at radius 2 is 1.97 bits per heavy atom. The van der Waals surface area contributed by atoms with E-state index in [1.165, 1.54) is 31.0 Å². The molecule has 1 saturated heterocycles. The van der Waals surface area contributed by atoms with Crippen LogP contribution in [0.5, 0.6) is 11.5 Å². The molecule has 2 aromatic rings. The van der Waals surface area contributed by atoms with Crippen LogP contribution in [-0.4, -0.2) is 55.5 Å². The van der Waals surface area contributed by atoms with Gasteiger partial charge in [0, 0.05) is 31.4 Å². The molecule has 1 aliphatic rings. The number of carbonyl (C=O) groups is 1. The highest BCUT2D eigenvalue weighted by atomic mass is 35.5. The second-order valence-electron chi connectivity index (χ2n) is 7.63. The van der Waals surface area contributed by atoms with Crippen LogP contribution < -0.4 is 14.8 Å². The maximum atomic E-state index is 13.0. The van der Waals surface area contributed by atoms with Gasteiger partial charge in [0.15, 0.2) is 5.03 Å². The van der Waals surface area contributed by atoms with Crippen molar-refractivity contribution in [1.29, 1.82) is 0 Å². The lowest BCUT2D eigenvalue weighted by Crippen LogP contribution is -2.43. The fourth-order valence-electron chi connectivity index (χ4n) is 3.43. The molecule has 0 radical (unpaired) electrons. The van der Waals surface area contributed by atoms with E-state index in [0.717, 1.165) is 0 Å². The molecule has 0 saturated carbocycles. The Morgan fingerprint density at radius 1 is 1.26 bits per heavy atom. The first kappa shape index (κ1) is 23.4. The van der Waals surface area contributed by atoms with Crippen molar-refractivity contribution >= 4 is 33.2 Å². The van der Waals surface area contributed by atoms with Crippen LogP contribution in [-0.2, 0) is 14.8 Å². The third-order valence-corrected chi connectivity index (χ3v) is 7.31. The van der Waals surface area contributed by atoms with Crippen LogP contribution in [0.1, 0.15) is 32.7 Å². The molecule has 9 nitrogen and oxygen atoms in total. The summed E-state index contributed by atoms with van der Waals surface area (Å²) in [6, 6.07) is 3.23. The molecule has 1 fully saturated rings. The fraction of sp³-hybridized carbons (Fsp3) is 0.500. The highest BCUT2D eigenvalue weighted by Gasteiger charge is 2.35. The van der Waals surface area contributed by atoms with Gasteiger partial charge < -0.3 is 19.4 Å². The number of anilines is 1. The topological polar surface area (TPSA) is 103 Å². The first-order valence-corrected chi connectivity index (χ1v) is 11.7. The number of nitrogens with one attached hydrogen (secondary N) is 1. The van der Waals surface area contributed by atoms with Crippen molar-refractivity contribution < 1.29 is 22.7 Å². The van der Waals surface area contributed by atoms with Crippen LogP contribution in [0.4, 0.5) is 5.69 Å². The van der Waals surface area contributed by atoms with Gasteiger partial charge in [-0.1, -0.05) is 11.6 Å². The van der Waals surface area contributed by atoms with E-state index >= 15 is 0 Å². The minimum absolute atomic E-state index is 0.00846. The number of sulfonamides is 1. The molecule has 0 bridgehead atoms. The van der Waals surface area contributed by atoms with Crippen LogP contribution in [0.2, 0.25) is 5.02 Å². The quantitative estimate of drug-likeness (QED) is 0.666. The molecule has 1 aromatic heterocycles. The fourth-order valence-corrected chi connectivity index (χ4v) is 5.12. The van der Waals surface area contributed by atoms with Crippen molar-refractivity contribution in [2.45, 2.75) is 37.8 Å². The number of aromatic nitrogens is 2. The molecule has 1 aromatic carbocycles. The summed E-state index contributed by atoms with van der Waals surface area (Å²) < 4.78 is 39.6. The van der Waals surface area contributed by atoms with E-state index in [0.29, 0.717) is 41.6 Å². The molecular formula is C20H27ClN4O5S. The van der Waals surface area contributed by atoms with Crippen molar-refractivity contribution in [3.8, 4) is 11.5 Å². The molecule has 170 valence electrons. The minimum atomic E-state index is -3.78. The molecule has 11 heteroatoms. The van der Waals surface area contributed by atoms with Crippen molar-refractivity contribution in [3.05, 3.63) is 29.7 Å². The number of imidazole rings is 1. The number of piperidine rings is 1. The largest absolute Gasteiger partial charge is 0.495 e. The lowest BCUT2D eigenvalue weighted by atomic mass is 9.98. The number of amides is 1. The zero-order valence-electron chi connectivity index (χ0n) is 18.0. The van der Waals surface area contributed by atoms with Gasteiger partial charge in [0.1, 0.15) is 11.5 Å². The second kappa shape index (κ2) is 9.46. The molecule has 2 heterocycles. The SMILES string of the molecule is COc1cc(OC)c(NC(=O)C2CCCN(S(=O)(=O)c3cn(C(C)C)cn3)C2)cc1Cl. The van der Waals surface area contributed by atoms with Gasteiger partial charge >= 0.3 is 0 Å². The Hall–Kier alpha value is -2.30. The van der Waals surface area contributed by atoms with E-state index in [9.17, 15) is 13.2 Å². The van der Waals surface area contributed by atoms with E-state index < -0.39 is 15.9 Å². The Balaban J connectivity index is 1.76. The van der Waals surface area contributed by atoms with E-state index in [1.807, 2.05) is 13.8 Å². The lowest BCUT2D eigenvalue weighted by molar-refractivity contribution is -0.120. The average molecular weight is 471 g/mol. The maximum Gasteiger partial charge on any atom is 0.262 e. The smallest absolute Gasteiger partial charge is 0.262 e.